The molecule has 8 nitrogen and oxygen atoms in total. The minimum atomic E-state index is -3.33. The predicted octanol–water partition coefficient (Wildman–Crippen LogP) is -0.694. The van der Waals surface area contributed by atoms with Crippen LogP contribution in [0.15, 0.2) is 23.1 Å². The molecule has 1 aromatic rings. The molecule has 1 aromatic heterocycles. The van der Waals surface area contributed by atoms with Crippen molar-refractivity contribution in [3.05, 3.63) is 38.8 Å². The van der Waals surface area contributed by atoms with E-state index in [1.165, 1.54) is 12.3 Å². The summed E-state index contributed by atoms with van der Waals surface area (Å²) in [6, 6.07) is 2.46. The van der Waals surface area contributed by atoms with Crippen LogP contribution in [0.1, 0.15) is 0 Å². The van der Waals surface area contributed by atoms with E-state index in [1.54, 1.807) is 0 Å². The molecule has 0 spiro atoms. The molecule has 0 aromatic carbocycles. The number of aromatic nitrogens is 1. The summed E-state index contributed by atoms with van der Waals surface area (Å²) in [5, 5.41) is 10.5. The first-order valence-electron chi connectivity index (χ1n) is 4.60. The molecule has 0 radical (unpaired) electrons. The standard InChI is InChI=1S/C8H11N3O5S/c1-17(15,16)9-4-6-10-5-2-3-7(8(10)12)11(13)14/h2-3,5,9H,4,6H2,1H3. The van der Waals surface area contributed by atoms with Crippen molar-refractivity contribution in [1.29, 1.82) is 0 Å². The van der Waals surface area contributed by atoms with Crippen LogP contribution in [0.2, 0.25) is 0 Å². The fourth-order valence-corrected chi connectivity index (χ4v) is 1.65. The van der Waals surface area contributed by atoms with Gasteiger partial charge in [0.15, 0.2) is 0 Å². The highest BCUT2D eigenvalue weighted by atomic mass is 32.2. The molecule has 1 heterocycles. The number of hydrogen-bond donors (Lipinski definition) is 1. The highest BCUT2D eigenvalue weighted by Gasteiger charge is 2.13. The molecular formula is C8H11N3O5S. The van der Waals surface area contributed by atoms with E-state index in [2.05, 4.69) is 4.72 Å². The van der Waals surface area contributed by atoms with Crippen LogP contribution < -0.4 is 10.3 Å². The molecule has 0 amide bonds. The second-order valence-electron chi connectivity index (χ2n) is 3.32. The van der Waals surface area contributed by atoms with E-state index in [-0.39, 0.29) is 13.1 Å². The van der Waals surface area contributed by atoms with Gasteiger partial charge in [-0.05, 0) is 6.07 Å². The molecule has 17 heavy (non-hydrogen) atoms. The van der Waals surface area contributed by atoms with Crippen molar-refractivity contribution in [2.45, 2.75) is 6.54 Å². The van der Waals surface area contributed by atoms with Crippen molar-refractivity contribution in [2.24, 2.45) is 0 Å². The average molecular weight is 261 g/mol. The van der Waals surface area contributed by atoms with Gasteiger partial charge in [0, 0.05) is 25.4 Å². The number of nitrogens with one attached hydrogen (secondary N) is 1. The van der Waals surface area contributed by atoms with Crippen LogP contribution in [0, 0.1) is 10.1 Å². The van der Waals surface area contributed by atoms with Crippen molar-refractivity contribution < 1.29 is 13.3 Å². The molecule has 94 valence electrons. The summed E-state index contributed by atoms with van der Waals surface area (Å²) >= 11 is 0. The molecule has 1 rings (SSSR count). The van der Waals surface area contributed by atoms with Gasteiger partial charge in [0.25, 0.3) is 0 Å². The quantitative estimate of drug-likeness (QED) is 0.556. The fraction of sp³-hybridized carbons (Fsp3) is 0.375. The third-order valence-electron chi connectivity index (χ3n) is 1.91. The first-order chi connectivity index (χ1) is 7.81. The third kappa shape index (κ3) is 3.96. The van der Waals surface area contributed by atoms with Gasteiger partial charge in [-0.25, -0.2) is 13.1 Å². The Morgan fingerprint density at radius 2 is 2.18 bits per heavy atom. The van der Waals surface area contributed by atoms with E-state index in [1.807, 2.05) is 0 Å². The Bertz CT molecular complexity index is 577. The Balaban J connectivity index is 2.83. The van der Waals surface area contributed by atoms with Crippen molar-refractivity contribution in [3.63, 3.8) is 0 Å². The van der Waals surface area contributed by atoms with Gasteiger partial charge < -0.3 is 4.57 Å². The topological polar surface area (TPSA) is 111 Å². The maximum atomic E-state index is 11.5. The number of hydrogen-bond acceptors (Lipinski definition) is 5. The van der Waals surface area contributed by atoms with E-state index in [0.717, 1.165) is 16.9 Å². The minimum absolute atomic E-state index is 0.0000916. The van der Waals surface area contributed by atoms with Crippen molar-refractivity contribution in [1.82, 2.24) is 9.29 Å². The summed E-state index contributed by atoms with van der Waals surface area (Å²) in [5.74, 6) is 0. The first-order valence-corrected chi connectivity index (χ1v) is 6.49. The summed E-state index contributed by atoms with van der Waals surface area (Å²) in [7, 11) is -3.33. The third-order valence-corrected chi connectivity index (χ3v) is 2.64. The Morgan fingerprint density at radius 3 is 2.71 bits per heavy atom. The van der Waals surface area contributed by atoms with Gasteiger partial charge in [-0.3, -0.25) is 14.9 Å². The van der Waals surface area contributed by atoms with Gasteiger partial charge in [-0.1, -0.05) is 0 Å². The maximum absolute atomic E-state index is 11.5. The van der Waals surface area contributed by atoms with Gasteiger partial charge in [0.1, 0.15) is 0 Å². The maximum Gasteiger partial charge on any atom is 0.334 e. The van der Waals surface area contributed by atoms with E-state index in [9.17, 15) is 23.3 Å². The van der Waals surface area contributed by atoms with Gasteiger partial charge >= 0.3 is 11.2 Å². The summed E-state index contributed by atoms with van der Waals surface area (Å²) in [4.78, 5) is 21.2. The lowest BCUT2D eigenvalue weighted by molar-refractivity contribution is -0.386. The zero-order valence-corrected chi connectivity index (χ0v) is 9.81. The van der Waals surface area contributed by atoms with Gasteiger partial charge in [0.05, 0.1) is 11.2 Å². The fourth-order valence-electron chi connectivity index (χ4n) is 1.19. The molecule has 9 heteroatoms. The lowest BCUT2D eigenvalue weighted by Crippen LogP contribution is -2.30. The zero-order chi connectivity index (χ0) is 13.1. The van der Waals surface area contributed by atoms with Crippen LogP contribution in [0.5, 0.6) is 0 Å². The molecule has 0 aliphatic heterocycles. The van der Waals surface area contributed by atoms with E-state index < -0.39 is 26.2 Å². The SMILES string of the molecule is CS(=O)(=O)NCCn1cccc([N+](=O)[O-])c1=O. The van der Waals surface area contributed by atoms with Crippen LogP contribution in [-0.4, -0.2) is 30.7 Å². The van der Waals surface area contributed by atoms with Crippen molar-refractivity contribution >= 4 is 15.7 Å². The lowest BCUT2D eigenvalue weighted by atomic mass is 10.4. The van der Waals surface area contributed by atoms with Crippen LogP contribution in [0.3, 0.4) is 0 Å². The number of pyridine rings is 1. The molecule has 0 aliphatic carbocycles. The largest absolute Gasteiger partial charge is 0.334 e. The predicted molar refractivity (Wildman–Crippen MR) is 60.2 cm³/mol. The molecule has 0 saturated carbocycles. The molecular weight excluding hydrogens is 250 g/mol. The van der Waals surface area contributed by atoms with E-state index >= 15 is 0 Å². The normalized spacial score (nSPS) is 11.4. The zero-order valence-electron chi connectivity index (χ0n) is 8.99. The first kappa shape index (κ1) is 13.3. The smallest absolute Gasteiger partial charge is 0.308 e. The second-order valence-corrected chi connectivity index (χ2v) is 5.15. The van der Waals surface area contributed by atoms with Crippen molar-refractivity contribution in [2.75, 3.05) is 12.8 Å². The van der Waals surface area contributed by atoms with E-state index in [4.69, 9.17) is 0 Å². The molecule has 0 fully saturated rings. The monoisotopic (exact) mass is 261 g/mol. The Kier molecular flexibility index (Phi) is 3.97. The number of nitro groups is 1. The Labute approximate surface area is 97.1 Å². The molecule has 0 unspecified atom stereocenters. The number of rotatable bonds is 5. The van der Waals surface area contributed by atoms with Crippen LogP contribution in [0.25, 0.3) is 0 Å². The molecule has 0 bridgehead atoms. The Morgan fingerprint density at radius 1 is 1.53 bits per heavy atom. The summed E-state index contributed by atoms with van der Waals surface area (Å²) in [6.07, 6.45) is 2.35. The Hall–Kier alpha value is -1.74. The highest BCUT2D eigenvalue weighted by Crippen LogP contribution is 2.01. The average Bonchev–Trinajstić information content (AvgIpc) is 2.18. The lowest BCUT2D eigenvalue weighted by Gasteiger charge is -2.05. The molecule has 1 N–H and O–H groups in total. The van der Waals surface area contributed by atoms with Gasteiger partial charge in [-0.2, -0.15) is 0 Å². The number of sulfonamides is 1. The van der Waals surface area contributed by atoms with Crippen LogP contribution in [0.4, 0.5) is 5.69 Å². The minimum Gasteiger partial charge on any atom is -0.308 e. The summed E-state index contributed by atoms with van der Waals surface area (Å²) in [5.41, 5.74) is -1.29. The second kappa shape index (κ2) is 5.06. The summed E-state index contributed by atoms with van der Waals surface area (Å²) in [6.45, 7) is 0.0352. The van der Waals surface area contributed by atoms with Crippen LogP contribution >= 0.6 is 0 Å². The molecule has 0 aliphatic rings. The van der Waals surface area contributed by atoms with Crippen LogP contribution in [-0.2, 0) is 16.6 Å². The molecule has 0 saturated heterocycles. The summed E-state index contributed by atoms with van der Waals surface area (Å²) < 4.78 is 24.8. The van der Waals surface area contributed by atoms with Gasteiger partial charge in [0.2, 0.25) is 10.0 Å². The molecule has 0 atom stereocenters. The number of nitrogens with zero attached hydrogens (tertiary/aromatic N) is 2. The van der Waals surface area contributed by atoms with Gasteiger partial charge in [-0.15, -0.1) is 0 Å². The van der Waals surface area contributed by atoms with Crippen molar-refractivity contribution in [3.8, 4) is 0 Å². The highest BCUT2D eigenvalue weighted by molar-refractivity contribution is 7.88. The van der Waals surface area contributed by atoms with E-state index in [0.29, 0.717) is 0 Å².